The zero-order valence-corrected chi connectivity index (χ0v) is 16.1. The third kappa shape index (κ3) is 3.95. The van der Waals surface area contributed by atoms with Gasteiger partial charge < -0.3 is 14.2 Å². The van der Waals surface area contributed by atoms with E-state index in [9.17, 15) is 9.59 Å². The van der Waals surface area contributed by atoms with E-state index in [1.807, 2.05) is 13.8 Å². The lowest BCUT2D eigenvalue weighted by molar-refractivity contribution is -0.0586. The normalized spacial score (nSPS) is 20.2. The molecule has 5 nitrogen and oxygen atoms in total. The van der Waals surface area contributed by atoms with Crippen LogP contribution in [0.15, 0.2) is 41.3 Å². The molecule has 2 aromatic rings. The van der Waals surface area contributed by atoms with Crippen molar-refractivity contribution in [2.75, 3.05) is 13.1 Å². The fourth-order valence-corrected chi connectivity index (χ4v) is 3.71. The molecule has 3 rings (SSSR count). The van der Waals surface area contributed by atoms with E-state index in [2.05, 4.69) is 0 Å². The second-order valence-corrected chi connectivity index (χ2v) is 7.34. The Morgan fingerprint density at radius 3 is 2.35 bits per heavy atom. The minimum absolute atomic E-state index is 0.0597. The first kappa shape index (κ1) is 19.0. The number of ether oxygens (including phenoxy) is 1. The van der Waals surface area contributed by atoms with Crippen molar-refractivity contribution in [1.82, 2.24) is 9.47 Å². The summed E-state index contributed by atoms with van der Waals surface area (Å²) in [5.41, 5.74) is 0.424. The summed E-state index contributed by atoms with van der Waals surface area (Å²) in [4.78, 5) is 27.4. The lowest BCUT2D eigenvalue weighted by atomic mass is 10.1. The lowest BCUT2D eigenvalue weighted by Crippen LogP contribution is -2.49. The molecule has 0 unspecified atom stereocenters. The number of carbonyl (C=O) groups is 1. The summed E-state index contributed by atoms with van der Waals surface area (Å²) >= 11 is 12.4. The number of benzene rings is 1. The van der Waals surface area contributed by atoms with Crippen LogP contribution in [0, 0.1) is 0 Å². The Balaban J connectivity index is 1.90. The van der Waals surface area contributed by atoms with Gasteiger partial charge in [0.25, 0.3) is 11.5 Å². The molecule has 0 spiro atoms. The van der Waals surface area contributed by atoms with E-state index in [1.54, 1.807) is 41.4 Å². The molecular weight excluding hydrogens is 375 g/mol. The molecule has 1 amide bonds. The second-order valence-electron chi connectivity index (χ2n) is 6.52. The Morgan fingerprint density at radius 1 is 1.12 bits per heavy atom. The molecule has 2 heterocycles. The van der Waals surface area contributed by atoms with Crippen LogP contribution in [-0.2, 0) is 11.3 Å². The van der Waals surface area contributed by atoms with Crippen LogP contribution in [0.2, 0.25) is 10.0 Å². The zero-order valence-electron chi connectivity index (χ0n) is 14.6. The van der Waals surface area contributed by atoms with Gasteiger partial charge in [-0.1, -0.05) is 29.3 Å². The first-order valence-electron chi connectivity index (χ1n) is 8.44. The van der Waals surface area contributed by atoms with Gasteiger partial charge in [0.2, 0.25) is 0 Å². The van der Waals surface area contributed by atoms with Gasteiger partial charge in [-0.3, -0.25) is 9.59 Å². The number of aromatic nitrogens is 1. The van der Waals surface area contributed by atoms with Gasteiger partial charge >= 0.3 is 0 Å². The van der Waals surface area contributed by atoms with Crippen molar-refractivity contribution in [2.45, 2.75) is 32.6 Å². The smallest absolute Gasteiger partial charge is 0.263 e. The number of hydrogen-bond donors (Lipinski definition) is 0. The summed E-state index contributed by atoms with van der Waals surface area (Å²) in [5, 5.41) is 0.967. The van der Waals surface area contributed by atoms with E-state index in [-0.39, 0.29) is 35.8 Å². The Kier molecular flexibility index (Phi) is 5.70. The highest BCUT2D eigenvalue weighted by Gasteiger charge is 2.28. The summed E-state index contributed by atoms with van der Waals surface area (Å²) in [7, 11) is 0. The summed E-state index contributed by atoms with van der Waals surface area (Å²) < 4.78 is 7.11. The van der Waals surface area contributed by atoms with Crippen LogP contribution in [0.4, 0.5) is 0 Å². The molecule has 0 aliphatic carbocycles. The fraction of sp³-hybridized carbons (Fsp3) is 0.368. The number of pyridine rings is 1. The van der Waals surface area contributed by atoms with Gasteiger partial charge in [-0.2, -0.15) is 0 Å². The number of halogens is 2. The van der Waals surface area contributed by atoms with E-state index >= 15 is 0 Å². The van der Waals surface area contributed by atoms with Crippen LogP contribution in [-0.4, -0.2) is 40.7 Å². The molecule has 0 bridgehead atoms. The molecule has 1 aliphatic heterocycles. The fourth-order valence-electron chi connectivity index (χ4n) is 3.19. The van der Waals surface area contributed by atoms with E-state index in [1.165, 1.54) is 4.57 Å². The molecule has 2 atom stereocenters. The molecule has 1 saturated heterocycles. The molecule has 0 radical (unpaired) electrons. The van der Waals surface area contributed by atoms with Gasteiger partial charge in [-0.15, -0.1) is 0 Å². The average Bonchev–Trinajstić information content (AvgIpc) is 2.58. The number of morpholine rings is 1. The van der Waals surface area contributed by atoms with Crippen LogP contribution < -0.4 is 5.56 Å². The summed E-state index contributed by atoms with van der Waals surface area (Å²) in [6.45, 7) is 4.97. The van der Waals surface area contributed by atoms with Gasteiger partial charge in [0.15, 0.2) is 0 Å². The van der Waals surface area contributed by atoms with E-state index in [0.29, 0.717) is 28.7 Å². The summed E-state index contributed by atoms with van der Waals surface area (Å²) in [5.74, 6) is -0.281. The van der Waals surface area contributed by atoms with Crippen LogP contribution in [0.3, 0.4) is 0 Å². The van der Waals surface area contributed by atoms with Crippen molar-refractivity contribution in [3.05, 3.63) is 68.1 Å². The van der Waals surface area contributed by atoms with Crippen molar-refractivity contribution in [2.24, 2.45) is 0 Å². The Labute approximate surface area is 162 Å². The lowest BCUT2D eigenvalue weighted by Gasteiger charge is -2.35. The van der Waals surface area contributed by atoms with Gasteiger partial charge in [0, 0.05) is 34.9 Å². The molecule has 1 aliphatic rings. The first-order valence-corrected chi connectivity index (χ1v) is 9.19. The quantitative estimate of drug-likeness (QED) is 0.800. The summed E-state index contributed by atoms with van der Waals surface area (Å²) in [6, 6.07) is 8.43. The number of nitrogens with zero attached hydrogens (tertiary/aromatic N) is 2. The van der Waals surface area contributed by atoms with Gasteiger partial charge in [-0.05, 0) is 38.1 Å². The van der Waals surface area contributed by atoms with E-state index < -0.39 is 0 Å². The van der Waals surface area contributed by atoms with Crippen LogP contribution in [0.25, 0.3) is 0 Å². The molecule has 1 aromatic carbocycles. The molecular formula is C19H20Cl2N2O3. The van der Waals surface area contributed by atoms with Crippen LogP contribution >= 0.6 is 23.2 Å². The highest BCUT2D eigenvalue weighted by molar-refractivity contribution is 6.35. The van der Waals surface area contributed by atoms with Crippen molar-refractivity contribution in [3.8, 4) is 0 Å². The maximum atomic E-state index is 12.9. The summed E-state index contributed by atoms with van der Waals surface area (Å²) in [6.07, 6.45) is 1.51. The minimum Gasteiger partial charge on any atom is -0.372 e. The molecule has 0 N–H and O–H groups in total. The van der Waals surface area contributed by atoms with Crippen LogP contribution in [0.5, 0.6) is 0 Å². The largest absolute Gasteiger partial charge is 0.372 e. The highest BCUT2D eigenvalue weighted by Crippen LogP contribution is 2.24. The average molecular weight is 395 g/mol. The number of carbonyl (C=O) groups excluding carboxylic acids is 1. The molecule has 1 fully saturated rings. The van der Waals surface area contributed by atoms with Crippen LogP contribution in [0.1, 0.15) is 29.8 Å². The second kappa shape index (κ2) is 7.82. The van der Waals surface area contributed by atoms with Gasteiger partial charge in [0.05, 0.1) is 18.8 Å². The predicted molar refractivity (Wildman–Crippen MR) is 102 cm³/mol. The topological polar surface area (TPSA) is 51.5 Å². The SMILES string of the molecule is C[C@@H]1CN(C(=O)c2cccn(Cc3c(Cl)cccc3Cl)c2=O)C[C@@H](C)O1. The number of amides is 1. The van der Waals surface area contributed by atoms with Gasteiger partial charge in [-0.25, -0.2) is 0 Å². The van der Waals surface area contributed by atoms with Crippen molar-refractivity contribution in [1.29, 1.82) is 0 Å². The van der Waals surface area contributed by atoms with Gasteiger partial charge in [0.1, 0.15) is 5.56 Å². The highest BCUT2D eigenvalue weighted by atomic mass is 35.5. The molecule has 138 valence electrons. The molecule has 0 saturated carbocycles. The first-order chi connectivity index (χ1) is 12.4. The number of rotatable bonds is 3. The van der Waals surface area contributed by atoms with Crippen molar-refractivity contribution < 1.29 is 9.53 Å². The standard InChI is InChI=1S/C19H20Cl2N2O3/c1-12-9-23(10-13(2)26-12)19(25)14-5-4-8-22(18(14)24)11-15-16(20)6-3-7-17(15)21/h3-8,12-13H,9-11H2,1-2H3/t12-,13-/m1/s1. The Bertz CT molecular complexity index is 851. The molecule has 7 heteroatoms. The maximum Gasteiger partial charge on any atom is 0.263 e. The minimum atomic E-state index is -0.361. The number of hydrogen-bond acceptors (Lipinski definition) is 3. The maximum absolute atomic E-state index is 12.9. The van der Waals surface area contributed by atoms with E-state index in [0.717, 1.165) is 0 Å². The monoisotopic (exact) mass is 394 g/mol. The Hall–Kier alpha value is -1.82. The van der Waals surface area contributed by atoms with Crippen molar-refractivity contribution >= 4 is 29.1 Å². The van der Waals surface area contributed by atoms with E-state index in [4.69, 9.17) is 27.9 Å². The predicted octanol–water partition coefficient (Wildman–Crippen LogP) is 3.45. The zero-order chi connectivity index (χ0) is 18.8. The third-order valence-corrected chi connectivity index (χ3v) is 5.06. The Morgan fingerprint density at radius 2 is 1.73 bits per heavy atom. The third-order valence-electron chi connectivity index (χ3n) is 4.35. The molecule has 1 aromatic heterocycles. The van der Waals surface area contributed by atoms with Crippen molar-refractivity contribution in [3.63, 3.8) is 0 Å². The molecule has 26 heavy (non-hydrogen) atoms.